The number of amides is 1. The zero-order chi connectivity index (χ0) is 15.6. The van der Waals surface area contributed by atoms with Crippen LogP contribution in [-0.4, -0.2) is 43.5 Å². The van der Waals surface area contributed by atoms with Crippen LogP contribution in [0.3, 0.4) is 0 Å². The summed E-state index contributed by atoms with van der Waals surface area (Å²) in [6, 6.07) is 0. The van der Waals surface area contributed by atoms with Crippen LogP contribution in [0.15, 0.2) is 4.90 Å². The minimum atomic E-state index is -0.248. The van der Waals surface area contributed by atoms with Gasteiger partial charge in [-0.05, 0) is 31.9 Å². The number of nitrogens with zero attached hydrogens (tertiary/aromatic N) is 1. The van der Waals surface area contributed by atoms with Crippen LogP contribution in [0.1, 0.15) is 29.4 Å². The highest BCUT2D eigenvalue weighted by molar-refractivity contribution is 7.99. The van der Waals surface area contributed by atoms with Gasteiger partial charge in [0.1, 0.15) is 9.88 Å². The highest BCUT2D eigenvalue weighted by Gasteiger charge is 2.28. The largest absolute Gasteiger partial charge is 0.396 e. The Labute approximate surface area is 133 Å². The first-order chi connectivity index (χ1) is 9.99. The lowest BCUT2D eigenvalue weighted by Crippen LogP contribution is -2.36. The smallest absolute Gasteiger partial charge is 0.263 e. The van der Waals surface area contributed by atoms with E-state index in [2.05, 4.69) is 10.2 Å². The molecule has 0 saturated carbocycles. The Hall–Kier alpha value is -0.920. The molecule has 0 aliphatic carbocycles. The first kappa shape index (κ1) is 16.5. The summed E-state index contributed by atoms with van der Waals surface area (Å²) in [4.78, 5) is 15.8. The number of nitrogens with two attached hydrogens (primary N) is 1. The molecule has 1 aliphatic rings. The molecule has 0 radical (unpaired) electrons. The summed E-state index contributed by atoms with van der Waals surface area (Å²) in [6.45, 7) is 3.66. The molecule has 1 aliphatic heterocycles. The second-order valence-electron chi connectivity index (χ2n) is 5.33. The van der Waals surface area contributed by atoms with Crippen LogP contribution in [0.25, 0.3) is 0 Å². The predicted molar refractivity (Wildman–Crippen MR) is 90.5 cm³/mol. The summed E-state index contributed by atoms with van der Waals surface area (Å²) in [6.07, 6.45) is 3.68. The molecule has 1 atom stereocenters. The van der Waals surface area contributed by atoms with Crippen molar-refractivity contribution in [3.05, 3.63) is 4.88 Å². The summed E-state index contributed by atoms with van der Waals surface area (Å²) in [5.74, 6) is 0.243. The third-order valence-electron chi connectivity index (χ3n) is 4.03. The zero-order valence-corrected chi connectivity index (χ0v) is 14.3. The van der Waals surface area contributed by atoms with Gasteiger partial charge in [0.25, 0.3) is 5.91 Å². The number of aliphatic hydroxyl groups is 1. The highest BCUT2D eigenvalue weighted by atomic mass is 32.2. The number of anilines is 2. The van der Waals surface area contributed by atoms with Crippen molar-refractivity contribution in [1.82, 2.24) is 5.32 Å². The normalized spacial score (nSPS) is 17.8. The molecule has 0 aromatic carbocycles. The van der Waals surface area contributed by atoms with Gasteiger partial charge in [0.15, 0.2) is 0 Å². The van der Waals surface area contributed by atoms with Crippen molar-refractivity contribution in [2.45, 2.75) is 30.8 Å². The fraction of sp³-hybridized carbons (Fsp3) is 0.643. The van der Waals surface area contributed by atoms with Crippen LogP contribution in [0.5, 0.6) is 0 Å². The molecule has 1 aromatic heterocycles. The molecule has 0 bridgehead atoms. The van der Waals surface area contributed by atoms with Gasteiger partial charge in [0, 0.05) is 20.1 Å². The zero-order valence-electron chi connectivity index (χ0n) is 12.7. The van der Waals surface area contributed by atoms with E-state index in [1.165, 1.54) is 11.3 Å². The first-order valence-electron chi connectivity index (χ1n) is 7.10. The van der Waals surface area contributed by atoms with Gasteiger partial charge in [-0.25, -0.2) is 0 Å². The van der Waals surface area contributed by atoms with Gasteiger partial charge in [-0.1, -0.05) is 0 Å². The van der Waals surface area contributed by atoms with E-state index in [1.54, 1.807) is 18.8 Å². The van der Waals surface area contributed by atoms with Crippen LogP contribution in [-0.2, 0) is 0 Å². The third-order valence-corrected chi connectivity index (χ3v) is 6.24. The Morgan fingerprint density at radius 1 is 1.52 bits per heavy atom. The van der Waals surface area contributed by atoms with E-state index < -0.39 is 0 Å². The maximum absolute atomic E-state index is 11.9. The molecule has 1 saturated heterocycles. The molecule has 1 fully saturated rings. The second-order valence-corrected chi connectivity index (χ2v) is 7.14. The molecule has 1 amide bonds. The van der Waals surface area contributed by atoms with Gasteiger partial charge >= 0.3 is 0 Å². The lowest BCUT2D eigenvalue weighted by atomic mass is 9.92. The second kappa shape index (κ2) is 6.89. The van der Waals surface area contributed by atoms with E-state index in [1.807, 2.05) is 13.2 Å². The Morgan fingerprint density at radius 3 is 2.62 bits per heavy atom. The predicted octanol–water partition coefficient (Wildman–Crippen LogP) is 2.01. The van der Waals surface area contributed by atoms with Gasteiger partial charge < -0.3 is 21.1 Å². The van der Waals surface area contributed by atoms with Crippen LogP contribution in [0, 0.1) is 5.92 Å². The van der Waals surface area contributed by atoms with Crippen LogP contribution in [0.4, 0.5) is 10.7 Å². The van der Waals surface area contributed by atoms with Gasteiger partial charge in [0.05, 0.1) is 16.7 Å². The van der Waals surface area contributed by atoms with Crippen molar-refractivity contribution >= 4 is 39.7 Å². The van der Waals surface area contributed by atoms with E-state index in [-0.39, 0.29) is 12.0 Å². The Kier molecular flexibility index (Phi) is 5.40. The summed E-state index contributed by atoms with van der Waals surface area (Å²) < 4.78 is 0. The van der Waals surface area contributed by atoms with E-state index in [4.69, 9.17) is 5.73 Å². The maximum atomic E-state index is 11.9. The monoisotopic (exact) mass is 329 g/mol. The molecule has 1 unspecified atom stereocenters. The molecule has 7 heteroatoms. The molecule has 5 nitrogen and oxygen atoms in total. The standard InChI is InChI=1S/C14H23N3O2S2/c1-8(18)9-4-6-17(7-5-9)14-12(20-3)10(15)11(21-14)13(19)16-2/h8-9,18H,4-7,15H2,1-3H3,(H,16,19). The quantitative estimate of drug-likeness (QED) is 0.737. The molecule has 0 spiro atoms. The van der Waals surface area contributed by atoms with Crippen molar-refractivity contribution in [3.8, 4) is 0 Å². The molecule has 21 heavy (non-hydrogen) atoms. The van der Waals surface area contributed by atoms with Gasteiger partial charge in [0.2, 0.25) is 0 Å². The number of carbonyl (C=O) groups is 1. The lowest BCUT2D eigenvalue weighted by molar-refractivity contribution is 0.0967. The van der Waals surface area contributed by atoms with Gasteiger partial charge in [-0.3, -0.25) is 4.79 Å². The van der Waals surface area contributed by atoms with E-state index in [0.29, 0.717) is 16.5 Å². The fourth-order valence-corrected chi connectivity index (χ4v) is 4.87. The summed E-state index contributed by atoms with van der Waals surface area (Å²) in [5, 5.41) is 13.4. The first-order valence-corrected chi connectivity index (χ1v) is 9.15. The topological polar surface area (TPSA) is 78.6 Å². The number of nitrogens with one attached hydrogen (secondary N) is 1. The number of thiophene rings is 1. The number of thioether (sulfide) groups is 1. The summed E-state index contributed by atoms with van der Waals surface area (Å²) >= 11 is 3.05. The minimum absolute atomic E-state index is 0.127. The van der Waals surface area contributed by atoms with Gasteiger partial charge in [-0.15, -0.1) is 23.1 Å². The molecular formula is C14H23N3O2S2. The molecular weight excluding hydrogens is 306 g/mol. The Morgan fingerprint density at radius 2 is 2.14 bits per heavy atom. The van der Waals surface area contributed by atoms with Crippen molar-refractivity contribution in [1.29, 1.82) is 0 Å². The maximum Gasteiger partial charge on any atom is 0.263 e. The number of hydrogen-bond acceptors (Lipinski definition) is 6. The SMILES string of the molecule is CNC(=O)c1sc(N2CCC(C(C)O)CC2)c(SC)c1N. The number of nitrogen functional groups attached to an aromatic ring is 1. The molecule has 2 rings (SSSR count). The molecule has 2 heterocycles. The number of rotatable bonds is 4. The minimum Gasteiger partial charge on any atom is -0.396 e. The van der Waals surface area contributed by atoms with E-state index in [0.717, 1.165) is 35.8 Å². The molecule has 118 valence electrons. The van der Waals surface area contributed by atoms with Crippen molar-refractivity contribution in [2.24, 2.45) is 5.92 Å². The number of piperidine rings is 1. The van der Waals surface area contributed by atoms with Crippen LogP contribution >= 0.6 is 23.1 Å². The van der Waals surface area contributed by atoms with Crippen molar-refractivity contribution in [2.75, 3.05) is 37.0 Å². The Bertz CT molecular complexity index is 509. The lowest BCUT2D eigenvalue weighted by Gasteiger charge is -2.34. The van der Waals surface area contributed by atoms with Crippen molar-refractivity contribution in [3.63, 3.8) is 0 Å². The summed E-state index contributed by atoms with van der Waals surface area (Å²) in [5.41, 5.74) is 6.72. The van der Waals surface area contributed by atoms with E-state index >= 15 is 0 Å². The average Bonchev–Trinajstić information content (AvgIpc) is 2.83. The van der Waals surface area contributed by atoms with Crippen LogP contribution < -0.4 is 16.0 Å². The number of aliphatic hydroxyl groups excluding tert-OH is 1. The fourth-order valence-electron chi connectivity index (χ4n) is 2.69. The van der Waals surface area contributed by atoms with Crippen molar-refractivity contribution < 1.29 is 9.90 Å². The van der Waals surface area contributed by atoms with Crippen LogP contribution in [0.2, 0.25) is 0 Å². The molecule has 1 aromatic rings. The number of carbonyl (C=O) groups excluding carboxylic acids is 1. The Balaban J connectivity index is 2.22. The summed E-state index contributed by atoms with van der Waals surface area (Å²) in [7, 11) is 1.62. The number of hydrogen-bond donors (Lipinski definition) is 3. The highest BCUT2D eigenvalue weighted by Crippen LogP contribution is 2.44. The molecule has 4 N–H and O–H groups in total. The average molecular weight is 329 g/mol. The third kappa shape index (κ3) is 3.30. The van der Waals surface area contributed by atoms with Gasteiger partial charge in [-0.2, -0.15) is 0 Å². The van der Waals surface area contributed by atoms with E-state index in [9.17, 15) is 9.90 Å².